The Morgan fingerprint density at radius 1 is 1.38 bits per heavy atom. The van der Waals surface area contributed by atoms with E-state index in [0.717, 1.165) is 11.3 Å². The van der Waals surface area contributed by atoms with E-state index in [4.69, 9.17) is 10.5 Å². The molecule has 1 aromatic carbocycles. The number of hydrogen-bond acceptors (Lipinski definition) is 4. The summed E-state index contributed by atoms with van der Waals surface area (Å²) in [4.78, 5) is 0. The monoisotopic (exact) mass is 225 g/mol. The Hall–Kier alpha value is -1.10. The van der Waals surface area contributed by atoms with E-state index in [1.165, 1.54) is 0 Å². The van der Waals surface area contributed by atoms with Crippen LogP contribution in [0.15, 0.2) is 18.2 Å². The van der Waals surface area contributed by atoms with Gasteiger partial charge in [-0.2, -0.15) is 0 Å². The lowest BCUT2D eigenvalue weighted by Crippen LogP contribution is -2.21. The van der Waals surface area contributed by atoms with E-state index in [0.29, 0.717) is 18.5 Å². The molecule has 0 aliphatic carbocycles. The van der Waals surface area contributed by atoms with Crippen molar-refractivity contribution in [1.29, 1.82) is 0 Å². The molecular formula is C12H19NO3. The number of methoxy groups -OCH3 is 1. The summed E-state index contributed by atoms with van der Waals surface area (Å²) < 4.78 is 5.12. The third kappa shape index (κ3) is 2.95. The highest BCUT2D eigenvalue weighted by Crippen LogP contribution is 2.24. The Morgan fingerprint density at radius 2 is 2.06 bits per heavy atom. The van der Waals surface area contributed by atoms with Crippen LogP contribution in [0.3, 0.4) is 0 Å². The van der Waals surface area contributed by atoms with Gasteiger partial charge in [0.2, 0.25) is 0 Å². The molecule has 2 unspecified atom stereocenters. The van der Waals surface area contributed by atoms with Crippen molar-refractivity contribution < 1.29 is 14.9 Å². The van der Waals surface area contributed by atoms with Crippen molar-refractivity contribution in [2.45, 2.75) is 25.6 Å². The predicted octanol–water partition coefficient (Wildman–Crippen LogP) is 0.747. The fourth-order valence-electron chi connectivity index (χ4n) is 1.64. The quantitative estimate of drug-likeness (QED) is 0.691. The van der Waals surface area contributed by atoms with Gasteiger partial charge in [-0.15, -0.1) is 0 Å². The minimum atomic E-state index is -0.895. The standard InChI is InChI=1S/C12H19NO3/c1-8-7-9(3-4-11(8)16-2)12(15)10(14)5-6-13/h3-4,7,10,12,14-15H,5-6,13H2,1-2H3. The van der Waals surface area contributed by atoms with E-state index in [1.54, 1.807) is 19.2 Å². The molecule has 0 aliphatic rings. The average Bonchev–Trinajstić information content (AvgIpc) is 2.28. The molecule has 4 nitrogen and oxygen atoms in total. The highest BCUT2D eigenvalue weighted by Gasteiger charge is 2.18. The highest BCUT2D eigenvalue weighted by molar-refractivity contribution is 5.37. The molecule has 90 valence electrons. The summed E-state index contributed by atoms with van der Waals surface area (Å²) >= 11 is 0. The van der Waals surface area contributed by atoms with Gasteiger partial charge >= 0.3 is 0 Å². The van der Waals surface area contributed by atoms with E-state index in [2.05, 4.69) is 0 Å². The molecule has 0 amide bonds. The van der Waals surface area contributed by atoms with E-state index in [9.17, 15) is 10.2 Å². The third-order valence-electron chi connectivity index (χ3n) is 2.59. The van der Waals surface area contributed by atoms with Crippen LogP contribution in [0.5, 0.6) is 5.75 Å². The predicted molar refractivity (Wildman–Crippen MR) is 62.4 cm³/mol. The minimum Gasteiger partial charge on any atom is -0.496 e. The fourth-order valence-corrected chi connectivity index (χ4v) is 1.64. The summed E-state index contributed by atoms with van der Waals surface area (Å²) in [5.41, 5.74) is 6.94. The van der Waals surface area contributed by atoms with Crippen LogP contribution in [0.25, 0.3) is 0 Å². The molecular weight excluding hydrogens is 206 g/mol. The van der Waals surface area contributed by atoms with Crippen LogP contribution in [0.4, 0.5) is 0 Å². The molecule has 0 saturated carbocycles. The number of benzene rings is 1. The largest absolute Gasteiger partial charge is 0.496 e. The van der Waals surface area contributed by atoms with Gasteiger partial charge < -0.3 is 20.7 Å². The van der Waals surface area contributed by atoms with Crippen molar-refractivity contribution in [2.24, 2.45) is 5.73 Å². The maximum Gasteiger partial charge on any atom is 0.121 e. The number of aliphatic hydroxyl groups excluding tert-OH is 2. The zero-order valence-electron chi connectivity index (χ0n) is 9.68. The maximum atomic E-state index is 9.86. The number of nitrogens with two attached hydrogens (primary N) is 1. The smallest absolute Gasteiger partial charge is 0.121 e. The van der Waals surface area contributed by atoms with Crippen LogP contribution >= 0.6 is 0 Å². The van der Waals surface area contributed by atoms with Gasteiger partial charge in [0.15, 0.2) is 0 Å². The normalized spacial score (nSPS) is 14.6. The van der Waals surface area contributed by atoms with Crippen LogP contribution in [0, 0.1) is 6.92 Å². The lowest BCUT2D eigenvalue weighted by Gasteiger charge is -2.18. The SMILES string of the molecule is COc1ccc(C(O)C(O)CCN)cc1C. The number of aryl methyl sites for hydroxylation is 1. The first kappa shape index (κ1) is 13.0. The molecule has 1 rings (SSSR count). The Labute approximate surface area is 95.7 Å². The van der Waals surface area contributed by atoms with Gasteiger partial charge in [-0.1, -0.05) is 6.07 Å². The lowest BCUT2D eigenvalue weighted by atomic mass is 10.00. The van der Waals surface area contributed by atoms with Crippen molar-refractivity contribution >= 4 is 0 Å². The van der Waals surface area contributed by atoms with E-state index in [1.807, 2.05) is 13.0 Å². The van der Waals surface area contributed by atoms with Gasteiger partial charge in [0, 0.05) is 0 Å². The molecule has 0 radical (unpaired) electrons. The van der Waals surface area contributed by atoms with Crippen LogP contribution < -0.4 is 10.5 Å². The van der Waals surface area contributed by atoms with E-state index >= 15 is 0 Å². The maximum absolute atomic E-state index is 9.86. The second-order valence-corrected chi connectivity index (χ2v) is 3.82. The Balaban J connectivity index is 2.84. The van der Waals surface area contributed by atoms with Crippen molar-refractivity contribution in [3.63, 3.8) is 0 Å². The summed E-state index contributed by atoms with van der Waals surface area (Å²) in [6.45, 7) is 2.25. The summed E-state index contributed by atoms with van der Waals surface area (Å²) in [7, 11) is 1.60. The zero-order chi connectivity index (χ0) is 12.1. The number of aliphatic hydroxyl groups is 2. The van der Waals surface area contributed by atoms with Gasteiger partial charge in [0.1, 0.15) is 11.9 Å². The fraction of sp³-hybridized carbons (Fsp3) is 0.500. The molecule has 0 heterocycles. The minimum absolute atomic E-state index is 0.355. The molecule has 0 saturated heterocycles. The Bertz CT molecular complexity index is 341. The van der Waals surface area contributed by atoms with Crippen LogP contribution in [0.2, 0.25) is 0 Å². The molecule has 0 spiro atoms. The topological polar surface area (TPSA) is 75.7 Å². The molecule has 2 atom stereocenters. The van der Waals surface area contributed by atoms with Crippen molar-refractivity contribution in [1.82, 2.24) is 0 Å². The summed E-state index contributed by atoms with van der Waals surface area (Å²) in [6.07, 6.45) is -1.34. The summed E-state index contributed by atoms with van der Waals surface area (Å²) in [5, 5.41) is 19.5. The lowest BCUT2D eigenvalue weighted by molar-refractivity contribution is 0.0150. The first-order valence-corrected chi connectivity index (χ1v) is 5.31. The van der Waals surface area contributed by atoms with Gasteiger partial charge in [0.05, 0.1) is 13.2 Å². The molecule has 0 bridgehead atoms. The van der Waals surface area contributed by atoms with Gasteiger partial charge in [-0.25, -0.2) is 0 Å². The molecule has 0 fully saturated rings. The molecule has 4 N–H and O–H groups in total. The summed E-state index contributed by atoms with van der Waals surface area (Å²) in [5.74, 6) is 0.768. The molecule has 4 heteroatoms. The highest BCUT2D eigenvalue weighted by atomic mass is 16.5. The zero-order valence-corrected chi connectivity index (χ0v) is 9.68. The third-order valence-corrected chi connectivity index (χ3v) is 2.59. The molecule has 1 aromatic rings. The molecule has 0 aliphatic heterocycles. The van der Waals surface area contributed by atoms with E-state index < -0.39 is 12.2 Å². The van der Waals surface area contributed by atoms with Crippen molar-refractivity contribution in [3.8, 4) is 5.75 Å². The Morgan fingerprint density at radius 3 is 2.56 bits per heavy atom. The number of hydrogen-bond donors (Lipinski definition) is 3. The first-order chi connectivity index (χ1) is 7.60. The second kappa shape index (κ2) is 5.84. The van der Waals surface area contributed by atoms with Crippen LogP contribution in [-0.4, -0.2) is 30.0 Å². The molecule has 16 heavy (non-hydrogen) atoms. The Kier molecular flexibility index (Phi) is 4.73. The van der Waals surface area contributed by atoms with Crippen LogP contribution in [0.1, 0.15) is 23.7 Å². The number of ether oxygens (including phenoxy) is 1. The van der Waals surface area contributed by atoms with E-state index in [-0.39, 0.29) is 0 Å². The average molecular weight is 225 g/mol. The van der Waals surface area contributed by atoms with Crippen molar-refractivity contribution in [3.05, 3.63) is 29.3 Å². The number of rotatable bonds is 5. The van der Waals surface area contributed by atoms with Gasteiger partial charge in [0.25, 0.3) is 0 Å². The first-order valence-electron chi connectivity index (χ1n) is 5.31. The van der Waals surface area contributed by atoms with Crippen LogP contribution in [-0.2, 0) is 0 Å². The van der Waals surface area contributed by atoms with Crippen molar-refractivity contribution in [2.75, 3.05) is 13.7 Å². The summed E-state index contributed by atoms with van der Waals surface area (Å²) in [6, 6.07) is 5.34. The molecule has 0 aromatic heterocycles. The van der Waals surface area contributed by atoms with Gasteiger partial charge in [-0.3, -0.25) is 0 Å². The van der Waals surface area contributed by atoms with Gasteiger partial charge in [-0.05, 0) is 43.1 Å². The second-order valence-electron chi connectivity index (χ2n) is 3.82.